The fourth-order valence-electron chi connectivity index (χ4n) is 5.85. The van der Waals surface area contributed by atoms with Gasteiger partial charge >= 0.3 is 0 Å². The highest BCUT2D eigenvalue weighted by molar-refractivity contribution is 7.92. The van der Waals surface area contributed by atoms with Crippen molar-refractivity contribution in [3.05, 3.63) is 90.4 Å². The van der Waals surface area contributed by atoms with Crippen LogP contribution in [-0.4, -0.2) is 74.8 Å². The molecule has 246 valence electrons. The summed E-state index contributed by atoms with van der Waals surface area (Å²) in [5.74, 6) is -0.361. The molecule has 0 saturated carbocycles. The van der Waals surface area contributed by atoms with E-state index in [0.29, 0.717) is 70.9 Å². The molecule has 2 N–H and O–H groups in total. The molecule has 3 aromatic heterocycles. The fraction of sp³-hybridized carbons (Fsp3) is 0.229. The Bertz CT molecular complexity index is 2190. The third kappa shape index (κ3) is 6.52. The Kier molecular flexibility index (Phi) is 8.65. The standard InChI is InChI=1S/C35H32FN5O6S/c1-37-34(42)31-27-20-26(23-5-2-6-24(19-23)35-39-33-29(47-35)7-3-12-38-33)28(21-30(27)46-32(31)22-8-10-25(36)11-9-22)40-48(43,44)18-4-13-41-14-16-45-17-15-41/h2-3,5-12,19-21,40H,4,13-18H2,1H3,(H,37,42). The monoisotopic (exact) mass is 669 g/mol. The van der Waals surface area contributed by atoms with Gasteiger partial charge in [0.1, 0.15) is 17.2 Å². The molecule has 1 aliphatic rings. The maximum atomic E-state index is 13.8. The van der Waals surface area contributed by atoms with E-state index in [1.54, 1.807) is 30.5 Å². The van der Waals surface area contributed by atoms with Crippen LogP contribution in [0.1, 0.15) is 16.8 Å². The number of hydrogen-bond donors (Lipinski definition) is 2. The number of aromatic nitrogens is 2. The summed E-state index contributed by atoms with van der Waals surface area (Å²) in [6.45, 7) is 3.43. The highest BCUT2D eigenvalue weighted by Gasteiger charge is 2.25. The fourth-order valence-corrected chi connectivity index (χ4v) is 6.97. The lowest BCUT2D eigenvalue weighted by Crippen LogP contribution is -2.37. The van der Waals surface area contributed by atoms with Gasteiger partial charge in [-0.25, -0.2) is 17.8 Å². The number of nitrogens with zero attached hydrogens (tertiary/aromatic N) is 3. The number of anilines is 1. The number of carbonyl (C=O) groups is 1. The number of ether oxygens (including phenoxy) is 1. The molecule has 1 amide bonds. The number of sulfonamides is 1. The van der Waals surface area contributed by atoms with Gasteiger partial charge in [-0.1, -0.05) is 12.1 Å². The Morgan fingerprint density at radius 3 is 2.50 bits per heavy atom. The van der Waals surface area contributed by atoms with E-state index in [4.69, 9.17) is 13.6 Å². The summed E-state index contributed by atoms with van der Waals surface area (Å²) in [4.78, 5) is 24.2. The third-order valence-corrected chi connectivity index (χ3v) is 9.59. The quantitative estimate of drug-likeness (QED) is 0.182. The van der Waals surface area contributed by atoms with Crippen molar-refractivity contribution < 1.29 is 31.2 Å². The van der Waals surface area contributed by atoms with Crippen molar-refractivity contribution in [2.45, 2.75) is 6.42 Å². The van der Waals surface area contributed by atoms with Crippen LogP contribution in [0, 0.1) is 5.82 Å². The number of pyridine rings is 1. The van der Waals surface area contributed by atoms with Crippen LogP contribution in [0.5, 0.6) is 0 Å². The molecule has 48 heavy (non-hydrogen) atoms. The van der Waals surface area contributed by atoms with Crippen LogP contribution in [0.4, 0.5) is 10.1 Å². The van der Waals surface area contributed by atoms with Crippen LogP contribution < -0.4 is 10.0 Å². The number of oxazole rings is 1. The second-order valence-electron chi connectivity index (χ2n) is 11.4. The summed E-state index contributed by atoms with van der Waals surface area (Å²) >= 11 is 0. The van der Waals surface area contributed by atoms with E-state index >= 15 is 0 Å². The van der Waals surface area contributed by atoms with Crippen molar-refractivity contribution in [2.75, 3.05) is 50.4 Å². The van der Waals surface area contributed by atoms with Crippen molar-refractivity contribution in [1.82, 2.24) is 20.2 Å². The molecule has 7 rings (SSSR count). The summed E-state index contributed by atoms with van der Waals surface area (Å²) < 4.78 is 61.2. The number of halogens is 1. The zero-order valence-corrected chi connectivity index (χ0v) is 26.8. The van der Waals surface area contributed by atoms with Gasteiger partial charge < -0.3 is 18.9 Å². The van der Waals surface area contributed by atoms with Gasteiger partial charge in [0.05, 0.1) is 30.2 Å². The maximum absolute atomic E-state index is 13.8. The Labute approximate surface area is 275 Å². The van der Waals surface area contributed by atoms with Crippen LogP contribution in [0.25, 0.3) is 56.1 Å². The number of morpholine rings is 1. The molecule has 0 unspecified atom stereocenters. The molecular formula is C35H32FN5O6S. The van der Waals surface area contributed by atoms with Crippen molar-refractivity contribution in [2.24, 2.45) is 0 Å². The smallest absolute Gasteiger partial charge is 0.255 e. The van der Waals surface area contributed by atoms with E-state index in [9.17, 15) is 17.6 Å². The minimum absolute atomic E-state index is 0.0970. The number of nitrogens with one attached hydrogen (secondary N) is 2. The third-order valence-electron chi connectivity index (χ3n) is 8.23. The SMILES string of the molecule is CNC(=O)c1c(-c2ccc(F)cc2)oc2cc(NS(=O)(=O)CCCN3CCOCC3)c(-c3cccc(-c4nc5ncccc5o4)c3)cc12. The Hall–Kier alpha value is -5.11. The summed E-state index contributed by atoms with van der Waals surface area (Å²) in [7, 11) is -2.30. The minimum atomic E-state index is -3.81. The maximum Gasteiger partial charge on any atom is 0.255 e. The molecule has 13 heteroatoms. The normalized spacial score (nSPS) is 14.0. The van der Waals surface area contributed by atoms with Crippen LogP contribution in [0.15, 0.2) is 87.8 Å². The zero-order chi connectivity index (χ0) is 33.3. The van der Waals surface area contributed by atoms with Crippen LogP contribution in [-0.2, 0) is 14.8 Å². The molecule has 0 spiro atoms. The van der Waals surface area contributed by atoms with Gasteiger partial charge in [0.2, 0.25) is 15.9 Å². The van der Waals surface area contributed by atoms with Gasteiger partial charge in [-0.3, -0.25) is 14.4 Å². The van der Waals surface area contributed by atoms with Crippen molar-refractivity contribution in [1.29, 1.82) is 0 Å². The van der Waals surface area contributed by atoms with E-state index in [-0.39, 0.29) is 28.3 Å². The first kappa shape index (κ1) is 31.5. The summed E-state index contributed by atoms with van der Waals surface area (Å²) in [5, 5.41) is 3.12. The summed E-state index contributed by atoms with van der Waals surface area (Å²) in [6.07, 6.45) is 2.07. The molecule has 1 saturated heterocycles. The molecule has 11 nitrogen and oxygen atoms in total. The second-order valence-corrected chi connectivity index (χ2v) is 13.3. The summed E-state index contributed by atoms with van der Waals surface area (Å²) in [5.41, 5.74) is 4.08. The van der Waals surface area contributed by atoms with Crippen molar-refractivity contribution >= 4 is 43.8 Å². The lowest BCUT2D eigenvalue weighted by atomic mass is 9.97. The first-order chi connectivity index (χ1) is 23.3. The first-order valence-corrected chi connectivity index (χ1v) is 17.1. The van der Waals surface area contributed by atoms with E-state index in [0.717, 1.165) is 13.1 Å². The molecule has 0 atom stereocenters. The van der Waals surface area contributed by atoms with Crippen LogP contribution in [0.2, 0.25) is 0 Å². The highest BCUT2D eigenvalue weighted by atomic mass is 32.2. The number of furan rings is 1. The van der Waals surface area contributed by atoms with E-state index in [2.05, 4.69) is 24.9 Å². The van der Waals surface area contributed by atoms with Gasteiger partial charge in [-0.2, -0.15) is 4.98 Å². The topological polar surface area (TPSA) is 140 Å². The summed E-state index contributed by atoms with van der Waals surface area (Å²) in [6, 6.07) is 19.8. The Morgan fingerprint density at radius 1 is 0.938 bits per heavy atom. The lowest BCUT2D eigenvalue weighted by molar-refractivity contribution is 0.0381. The average Bonchev–Trinajstić information content (AvgIpc) is 3.70. The average molecular weight is 670 g/mol. The van der Waals surface area contributed by atoms with Gasteiger partial charge in [0.25, 0.3) is 5.91 Å². The lowest BCUT2D eigenvalue weighted by Gasteiger charge is -2.26. The predicted molar refractivity (Wildman–Crippen MR) is 181 cm³/mol. The molecule has 0 bridgehead atoms. The van der Waals surface area contributed by atoms with Gasteiger partial charge in [-0.15, -0.1) is 0 Å². The molecular weight excluding hydrogens is 637 g/mol. The molecule has 0 aliphatic carbocycles. The van der Waals surface area contributed by atoms with E-state index in [1.165, 1.54) is 31.3 Å². The number of fused-ring (bicyclic) bond motifs is 2. The molecule has 1 aliphatic heterocycles. The van der Waals surface area contributed by atoms with Gasteiger partial charge in [-0.05, 0) is 73.1 Å². The number of amides is 1. The Balaban J connectivity index is 1.33. The van der Waals surface area contributed by atoms with Gasteiger partial charge in [0, 0.05) is 54.5 Å². The molecule has 4 heterocycles. The van der Waals surface area contributed by atoms with Gasteiger partial charge in [0.15, 0.2) is 11.2 Å². The highest BCUT2D eigenvalue weighted by Crippen LogP contribution is 2.41. The molecule has 1 fully saturated rings. The minimum Gasteiger partial charge on any atom is -0.455 e. The van der Waals surface area contributed by atoms with E-state index in [1.807, 2.05) is 24.3 Å². The Morgan fingerprint density at radius 2 is 1.73 bits per heavy atom. The largest absolute Gasteiger partial charge is 0.455 e. The van der Waals surface area contributed by atoms with Crippen LogP contribution >= 0.6 is 0 Å². The molecule has 6 aromatic rings. The van der Waals surface area contributed by atoms with Crippen LogP contribution in [0.3, 0.4) is 0 Å². The number of carbonyl (C=O) groups excluding carboxylic acids is 1. The van der Waals surface area contributed by atoms with Crippen molar-refractivity contribution in [3.8, 4) is 33.9 Å². The van der Waals surface area contributed by atoms with E-state index < -0.39 is 21.7 Å². The molecule has 3 aromatic carbocycles. The second kappa shape index (κ2) is 13.2. The number of hydrogen-bond acceptors (Lipinski definition) is 9. The number of rotatable bonds is 10. The zero-order valence-electron chi connectivity index (χ0n) is 26.0. The predicted octanol–water partition coefficient (Wildman–Crippen LogP) is 5.93. The number of benzene rings is 3. The molecule has 0 radical (unpaired) electrons. The van der Waals surface area contributed by atoms with Crippen molar-refractivity contribution in [3.63, 3.8) is 0 Å². The first-order valence-electron chi connectivity index (χ1n) is 15.5.